The molecule has 38 heavy (non-hydrogen) atoms. The Bertz CT molecular complexity index is 1430. The van der Waals surface area contributed by atoms with Crippen molar-refractivity contribution in [2.24, 2.45) is 5.92 Å². The maximum Gasteiger partial charge on any atom is 0.268 e. The molecule has 1 aliphatic heterocycles. The highest BCUT2D eigenvalue weighted by Crippen LogP contribution is 2.46. The van der Waals surface area contributed by atoms with Crippen LogP contribution >= 0.6 is 11.6 Å². The molecule has 0 saturated heterocycles. The van der Waals surface area contributed by atoms with Crippen LogP contribution < -0.4 is 10.2 Å². The van der Waals surface area contributed by atoms with E-state index < -0.39 is 34.5 Å². The lowest BCUT2D eigenvalue weighted by Gasteiger charge is -2.32. The fourth-order valence-corrected chi connectivity index (χ4v) is 5.59. The third-order valence-electron chi connectivity index (χ3n) is 7.49. The molecule has 1 saturated carbocycles. The number of carbonyl (C=O) groups is 2. The van der Waals surface area contributed by atoms with Crippen LogP contribution in [0.2, 0.25) is 5.02 Å². The molecule has 6 nitrogen and oxygen atoms in total. The molecule has 2 N–H and O–H groups in total. The van der Waals surface area contributed by atoms with Crippen molar-refractivity contribution in [1.29, 1.82) is 0 Å². The maximum absolute atomic E-state index is 14.7. The van der Waals surface area contributed by atoms with Gasteiger partial charge in [-0.1, -0.05) is 29.8 Å². The van der Waals surface area contributed by atoms with Crippen molar-refractivity contribution in [2.45, 2.75) is 44.2 Å². The molecule has 0 radical (unpaired) electrons. The Morgan fingerprint density at radius 1 is 1.11 bits per heavy atom. The molecule has 1 aromatic heterocycles. The van der Waals surface area contributed by atoms with Gasteiger partial charge in [-0.2, -0.15) is 0 Å². The summed E-state index contributed by atoms with van der Waals surface area (Å²) in [6, 6.07) is 9.50. The van der Waals surface area contributed by atoms with Crippen molar-refractivity contribution in [1.82, 2.24) is 10.3 Å². The minimum absolute atomic E-state index is 0.0480. The third-order valence-corrected chi connectivity index (χ3v) is 7.69. The van der Waals surface area contributed by atoms with Crippen LogP contribution in [-0.4, -0.2) is 34.5 Å². The van der Waals surface area contributed by atoms with Crippen LogP contribution in [0.5, 0.6) is 0 Å². The second-order valence-corrected chi connectivity index (χ2v) is 10.3. The Morgan fingerprint density at radius 3 is 2.55 bits per heavy atom. The van der Waals surface area contributed by atoms with Gasteiger partial charge in [0.2, 0.25) is 0 Å². The Balaban J connectivity index is 1.30. The van der Waals surface area contributed by atoms with Gasteiger partial charge in [0, 0.05) is 29.9 Å². The van der Waals surface area contributed by atoms with Gasteiger partial charge < -0.3 is 15.3 Å². The van der Waals surface area contributed by atoms with E-state index in [9.17, 15) is 27.9 Å². The quantitative estimate of drug-likeness (QED) is 0.442. The van der Waals surface area contributed by atoms with E-state index in [1.54, 1.807) is 31.2 Å². The Morgan fingerprint density at radius 2 is 1.82 bits per heavy atom. The minimum atomic E-state index is -2.48. The summed E-state index contributed by atoms with van der Waals surface area (Å²) in [7, 11) is 0. The number of halogens is 4. The largest absolute Gasteiger partial charge is 0.372 e. The molecular weight excluding hydrogens is 519 g/mol. The van der Waals surface area contributed by atoms with E-state index in [4.69, 9.17) is 11.6 Å². The van der Waals surface area contributed by atoms with E-state index in [0.29, 0.717) is 53.7 Å². The summed E-state index contributed by atoms with van der Waals surface area (Å²) in [6.45, 7) is 1.99. The standard InChI is InChI=1S/C28H25ClF3N3O3/c1-15-19(12-17(29)13-33-15)26(36)34-18-8-6-16(7-9-18)14-35-23-5-3-2-4-20(23)28(38,27(35)37)21-10-11-22(30)25(32)24(21)31/h2-5,10-13,16,18,38H,6-9,14H2,1H3,(H,34,36)/t16-,18-,28?. The van der Waals surface area contributed by atoms with E-state index in [1.165, 1.54) is 17.2 Å². The summed E-state index contributed by atoms with van der Waals surface area (Å²) in [5.74, 6) is -5.77. The Hall–Kier alpha value is -3.43. The lowest BCUT2D eigenvalue weighted by molar-refractivity contribution is -0.132. The number of nitrogens with zero attached hydrogens (tertiary/aromatic N) is 2. The minimum Gasteiger partial charge on any atom is -0.372 e. The number of anilines is 1. The molecule has 5 rings (SSSR count). The van der Waals surface area contributed by atoms with Crippen LogP contribution in [0.15, 0.2) is 48.7 Å². The molecule has 3 aromatic rings. The van der Waals surface area contributed by atoms with Gasteiger partial charge in [0.05, 0.1) is 22.0 Å². The van der Waals surface area contributed by atoms with Crippen molar-refractivity contribution < 1.29 is 27.9 Å². The van der Waals surface area contributed by atoms with Crippen molar-refractivity contribution in [3.63, 3.8) is 0 Å². The number of para-hydroxylation sites is 1. The van der Waals surface area contributed by atoms with Gasteiger partial charge in [-0.3, -0.25) is 14.6 Å². The average molecular weight is 544 g/mol. The van der Waals surface area contributed by atoms with Crippen molar-refractivity contribution in [3.05, 3.63) is 93.5 Å². The summed E-state index contributed by atoms with van der Waals surface area (Å²) in [5, 5.41) is 14.9. The second-order valence-electron chi connectivity index (χ2n) is 9.84. The average Bonchev–Trinajstić information content (AvgIpc) is 3.12. The number of hydrogen-bond acceptors (Lipinski definition) is 4. The molecule has 198 valence electrons. The van der Waals surface area contributed by atoms with Crippen molar-refractivity contribution in [2.75, 3.05) is 11.4 Å². The summed E-state index contributed by atoms with van der Waals surface area (Å²) in [4.78, 5) is 31.8. The summed E-state index contributed by atoms with van der Waals surface area (Å²) < 4.78 is 42.3. The van der Waals surface area contributed by atoms with Crippen LogP contribution in [0, 0.1) is 30.3 Å². The third kappa shape index (κ3) is 4.43. The van der Waals surface area contributed by atoms with Gasteiger partial charge in [-0.25, -0.2) is 13.2 Å². The van der Waals surface area contributed by atoms with Gasteiger partial charge in [0.1, 0.15) is 0 Å². The Labute approximate surface area is 222 Å². The number of nitrogens with one attached hydrogen (secondary N) is 1. The number of hydrogen-bond donors (Lipinski definition) is 2. The van der Waals surface area contributed by atoms with Crippen LogP contribution in [0.3, 0.4) is 0 Å². The zero-order valence-electron chi connectivity index (χ0n) is 20.5. The summed E-state index contributed by atoms with van der Waals surface area (Å²) in [6.07, 6.45) is 4.23. The zero-order valence-corrected chi connectivity index (χ0v) is 21.2. The predicted molar refractivity (Wildman–Crippen MR) is 135 cm³/mol. The van der Waals surface area contributed by atoms with Crippen LogP contribution in [0.1, 0.15) is 52.9 Å². The number of carbonyl (C=O) groups excluding carboxylic acids is 2. The number of aromatic nitrogens is 1. The molecule has 2 amide bonds. The maximum atomic E-state index is 14.7. The van der Waals surface area contributed by atoms with Gasteiger partial charge in [-0.05, 0) is 62.8 Å². The smallest absolute Gasteiger partial charge is 0.268 e. The summed E-state index contributed by atoms with van der Waals surface area (Å²) >= 11 is 5.99. The predicted octanol–water partition coefficient (Wildman–Crippen LogP) is 5.03. The fourth-order valence-electron chi connectivity index (χ4n) is 5.43. The SMILES string of the molecule is Cc1ncc(Cl)cc1C(=O)N[C@H]1CC[C@H](CN2C(=O)C(O)(c3ccc(F)c(F)c3F)c3ccccc32)CC1. The monoisotopic (exact) mass is 543 g/mol. The lowest BCUT2D eigenvalue weighted by atomic mass is 9.85. The highest BCUT2D eigenvalue weighted by molar-refractivity contribution is 6.30. The number of benzene rings is 2. The molecule has 0 bridgehead atoms. The molecule has 2 aromatic carbocycles. The molecule has 1 fully saturated rings. The molecule has 1 unspecified atom stereocenters. The highest BCUT2D eigenvalue weighted by atomic mass is 35.5. The molecule has 0 spiro atoms. The topological polar surface area (TPSA) is 82.5 Å². The number of aliphatic hydroxyl groups is 1. The second kappa shape index (κ2) is 10.0. The number of rotatable bonds is 5. The number of fused-ring (bicyclic) bond motifs is 1. The van der Waals surface area contributed by atoms with Gasteiger partial charge in [-0.15, -0.1) is 0 Å². The van der Waals surface area contributed by atoms with Crippen molar-refractivity contribution >= 4 is 29.1 Å². The van der Waals surface area contributed by atoms with Gasteiger partial charge in [0.25, 0.3) is 11.8 Å². The summed E-state index contributed by atoms with van der Waals surface area (Å²) in [5.41, 5.74) is -1.61. The first kappa shape index (κ1) is 26.2. The molecule has 10 heteroatoms. The first-order valence-electron chi connectivity index (χ1n) is 12.3. The lowest BCUT2D eigenvalue weighted by Crippen LogP contribution is -2.45. The van der Waals surface area contributed by atoms with Crippen LogP contribution in [0.25, 0.3) is 0 Å². The molecule has 1 atom stereocenters. The first-order chi connectivity index (χ1) is 18.1. The van der Waals surface area contributed by atoms with Gasteiger partial charge in [0.15, 0.2) is 23.1 Å². The fraction of sp³-hybridized carbons (Fsp3) is 0.321. The van der Waals surface area contributed by atoms with E-state index >= 15 is 0 Å². The number of pyridine rings is 1. The van der Waals surface area contributed by atoms with Crippen LogP contribution in [-0.2, 0) is 10.4 Å². The first-order valence-corrected chi connectivity index (χ1v) is 12.7. The van der Waals surface area contributed by atoms with E-state index in [1.807, 2.05) is 0 Å². The van der Waals surface area contributed by atoms with Gasteiger partial charge >= 0.3 is 0 Å². The number of aryl methyl sites for hydroxylation is 1. The molecule has 2 heterocycles. The molecule has 1 aliphatic carbocycles. The van der Waals surface area contributed by atoms with Crippen molar-refractivity contribution in [3.8, 4) is 0 Å². The zero-order chi connectivity index (χ0) is 27.2. The van der Waals surface area contributed by atoms with E-state index in [-0.39, 0.29) is 30.0 Å². The highest BCUT2D eigenvalue weighted by Gasteiger charge is 2.53. The number of amides is 2. The molecular formula is C28H25ClF3N3O3. The van der Waals surface area contributed by atoms with E-state index in [0.717, 1.165) is 6.07 Å². The Kier molecular flexibility index (Phi) is 6.92. The normalized spacial score (nSPS) is 22.9. The molecule has 2 aliphatic rings. The van der Waals surface area contributed by atoms with Crippen LogP contribution in [0.4, 0.5) is 18.9 Å². The van der Waals surface area contributed by atoms with E-state index in [2.05, 4.69) is 10.3 Å².